The molecule has 3 aromatic carbocycles. The molecule has 0 spiro atoms. The molecule has 8 nitrogen and oxygen atoms in total. The minimum absolute atomic E-state index is 0.173. The molecular weight excluding hydrogens is 449 g/mol. The van der Waals surface area contributed by atoms with Gasteiger partial charge in [-0.15, -0.1) is 0 Å². The van der Waals surface area contributed by atoms with Gasteiger partial charge < -0.3 is 15.0 Å². The van der Waals surface area contributed by atoms with Crippen molar-refractivity contribution in [3.8, 4) is 5.75 Å². The monoisotopic (exact) mass is 471 g/mol. The molecule has 0 saturated carbocycles. The standard InChI is InChI=1S/C26H22FN5O3/c1-16(33)28-19-10-12-20(13-11-19)35-15-25(34)32-24(17-6-8-18(27)9-7-17)14-23(31-32)26-29-21-4-2-3-5-22(21)30-26/h2-13,24H,14-15H2,1H3,(H,28,33)(H,29,30). The van der Waals surface area contributed by atoms with Gasteiger partial charge in [-0.3, -0.25) is 9.59 Å². The van der Waals surface area contributed by atoms with Gasteiger partial charge in [-0.2, -0.15) is 5.10 Å². The second-order valence-corrected chi connectivity index (χ2v) is 8.15. The van der Waals surface area contributed by atoms with Crippen molar-refractivity contribution in [1.29, 1.82) is 0 Å². The van der Waals surface area contributed by atoms with E-state index in [1.807, 2.05) is 24.3 Å². The first-order valence-corrected chi connectivity index (χ1v) is 11.1. The number of para-hydroxylation sites is 2. The molecule has 0 radical (unpaired) electrons. The molecule has 0 bridgehead atoms. The largest absolute Gasteiger partial charge is 0.484 e. The van der Waals surface area contributed by atoms with Gasteiger partial charge in [0, 0.05) is 19.0 Å². The van der Waals surface area contributed by atoms with E-state index in [2.05, 4.69) is 20.4 Å². The number of amides is 2. The van der Waals surface area contributed by atoms with Crippen molar-refractivity contribution < 1.29 is 18.7 Å². The normalized spacial score (nSPS) is 15.2. The smallest absolute Gasteiger partial charge is 0.281 e. The van der Waals surface area contributed by atoms with Crippen LogP contribution in [0.25, 0.3) is 11.0 Å². The van der Waals surface area contributed by atoms with E-state index in [4.69, 9.17) is 4.74 Å². The SMILES string of the molecule is CC(=O)Nc1ccc(OCC(=O)N2N=C(c3nc4ccccc4[nH]3)CC2c2ccc(F)cc2)cc1. The first-order valence-electron chi connectivity index (χ1n) is 11.1. The Balaban J connectivity index is 1.37. The number of H-pyrrole nitrogens is 1. The third-order valence-corrected chi connectivity index (χ3v) is 5.62. The van der Waals surface area contributed by atoms with Crippen molar-refractivity contribution in [2.45, 2.75) is 19.4 Å². The molecule has 1 aliphatic heterocycles. The lowest BCUT2D eigenvalue weighted by Gasteiger charge is -2.22. The Morgan fingerprint density at radius 1 is 1.09 bits per heavy atom. The van der Waals surface area contributed by atoms with E-state index in [-0.39, 0.29) is 24.2 Å². The molecule has 2 heterocycles. The molecule has 2 amide bonds. The molecular formula is C26H22FN5O3. The highest BCUT2D eigenvalue weighted by molar-refractivity contribution is 6.02. The molecule has 4 aromatic rings. The summed E-state index contributed by atoms with van der Waals surface area (Å²) in [5.41, 5.74) is 3.70. The number of hydrogen-bond donors (Lipinski definition) is 2. The Morgan fingerprint density at radius 2 is 1.83 bits per heavy atom. The summed E-state index contributed by atoms with van der Waals surface area (Å²) in [6.07, 6.45) is 0.419. The van der Waals surface area contributed by atoms with Crippen LogP contribution in [0.4, 0.5) is 10.1 Å². The number of hydrogen-bond acceptors (Lipinski definition) is 5. The number of imidazole rings is 1. The van der Waals surface area contributed by atoms with Gasteiger partial charge in [-0.1, -0.05) is 24.3 Å². The molecule has 5 rings (SSSR count). The number of carbonyl (C=O) groups is 2. The number of benzene rings is 3. The molecule has 2 N–H and O–H groups in total. The van der Waals surface area contributed by atoms with E-state index in [0.717, 1.165) is 16.6 Å². The van der Waals surface area contributed by atoms with Gasteiger partial charge >= 0.3 is 0 Å². The molecule has 1 atom stereocenters. The molecule has 1 aromatic heterocycles. The molecule has 35 heavy (non-hydrogen) atoms. The average Bonchev–Trinajstić information content (AvgIpc) is 3.48. The number of aromatic amines is 1. The third-order valence-electron chi connectivity index (χ3n) is 5.62. The van der Waals surface area contributed by atoms with Gasteiger partial charge in [-0.05, 0) is 54.1 Å². The van der Waals surface area contributed by atoms with Gasteiger partial charge in [0.2, 0.25) is 5.91 Å². The number of nitrogens with one attached hydrogen (secondary N) is 2. The maximum absolute atomic E-state index is 13.5. The first kappa shape index (κ1) is 22.3. The van der Waals surface area contributed by atoms with E-state index >= 15 is 0 Å². The zero-order valence-electron chi connectivity index (χ0n) is 18.9. The number of ether oxygens (including phenoxy) is 1. The van der Waals surface area contributed by atoms with Crippen molar-refractivity contribution in [2.24, 2.45) is 5.10 Å². The topological polar surface area (TPSA) is 99.7 Å². The summed E-state index contributed by atoms with van der Waals surface area (Å²) >= 11 is 0. The van der Waals surface area contributed by atoms with Crippen molar-refractivity contribution in [3.05, 3.63) is 90.0 Å². The molecule has 1 unspecified atom stereocenters. The lowest BCUT2D eigenvalue weighted by molar-refractivity contribution is -0.135. The average molecular weight is 471 g/mol. The number of hydrazone groups is 1. The predicted molar refractivity (Wildman–Crippen MR) is 129 cm³/mol. The maximum atomic E-state index is 13.5. The Kier molecular flexibility index (Phi) is 5.97. The Hall–Kier alpha value is -4.53. The Morgan fingerprint density at radius 3 is 2.54 bits per heavy atom. The zero-order chi connectivity index (χ0) is 24.4. The minimum Gasteiger partial charge on any atom is -0.484 e. The number of anilines is 1. The minimum atomic E-state index is -0.419. The molecule has 1 aliphatic rings. The summed E-state index contributed by atoms with van der Waals surface area (Å²) in [4.78, 5) is 32.2. The molecule has 0 aliphatic carbocycles. The predicted octanol–water partition coefficient (Wildman–Crippen LogP) is 4.42. The summed E-state index contributed by atoms with van der Waals surface area (Å²) in [6, 6.07) is 20.0. The second kappa shape index (κ2) is 9.38. The molecule has 0 saturated heterocycles. The Bertz CT molecular complexity index is 1380. The van der Waals surface area contributed by atoms with Crippen LogP contribution in [0, 0.1) is 5.82 Å². The van der Waals surface area contributed by atoms with Crippen molar-refractivity contribution in [3.63, 3.8) is 0 Å². The quantitative estimate of drug-likeness (QED) is 0.435. The van der Waals surface area contributed by atoms with Crippen molar-refractivity contribution in [1.82, 2.24) is 15.0 Å². The van der Waals surface area contributed by atoms with Crippen LogP contribution in [0.15, 0.2) is 77.9 Å². The highest BCUT2D eigenvalue weighted by atomic mass is 19.1. The summed E-state index contributed by atoms with van der Waals surface area (Å²) in [6.45, 7) is 1.19. The number of rotatable bonds is 6. The van der Waals surface area contributed by atoms with E-state index in [0.29, 0.717) is 29.4 Å². The van der Waals surface area contributed by atoms with E-state index in [9.17, 15) is 14.0 Å². The van der Waals surface area contributed by atoms with Crippen LogP contribution in [0.5, 0.6) is 5.75 Å². The second-order valence-electron chi connectivity index (χ2n) is 8.15. The van der Waals surface area contributed by atoms with Crippen LogP contribution in [0.2, 0.25) is 0 Å². The first-order chi connectivity index (χ1) is 17.0. The summed E-state index contributed by atoms with van der Waals surface area (Å²) < 4.78 is 19.2. The number of nitrogens with zero attached hydrogens (tertiary/aromatic N) is 3. The molecule has 176 valence electrons. The number of carbonyl (C=O) groups excluding carboxylic acids is 2. The highest BCUT2D eigenvalue weighted by Gasteiger charge is 2.34. The van der Waals surface area contributed by atoms with Crippen molar-refractivity contribution >= 4 is 34.2 Å². The maximum Gasteiger partial charge on any atom is 0.281 e. The third kappa shape index (κ3) is 4.89. The van der Waals surface area contributed by atoms with Crippen LogP contribution in [0.3, 0.4) is 0 Å². The molecule has 9 heteroatoms. The Labute approximate surface area is 200 Å². The van der Waals surface area contributed by atoms with E-state index in [1.54, 1.807) is 36.4 Å². The number of aromatic nitrogens is 2. The van der Waals surface area contributed by atoms with Gasteiger partial charge in [0.25, 0.3) is 5.91 Å². The van der Waals surface area contributed by atoms with E-state index < -0.39 is 6.04 Å². The van der Waals surface area contributed by atoms with Gasteiger partial charge in [0.15, 0.2) is 12.4 Å². The summed E-state index contributed by atoms with van der Waals surface area (Å²) in [7, 11) is 0. The highest BCUT2D eigenvalue weighted by Crippen LogP contribution is 2.33. The fraction of sp³-hybridized carbons (Fsp3) is 0.154. The van der Waals surface area contributed by atoms with Gasteiger partial charge in [0.05, 0.1) is 17.1 Å². The van der Waals surface area contributed by atoms with Crippen molar-refractivity contribution in [2.75, 3.05) is 11.9 Å². The number of fused-ring (bicyclic) bond motifs is 1. The van der Waals surface area contributed by atoms with Gasteiger partial charge in [0.1, 0.15) is 17.3 Å². The number of halogens is 1. The summed E-state index contributed by atoms with van der Waals surface area (Å²) in [5.74, 6) is 0.188. The summed E-state index contributed by atoms with van der Waals surface area (Å²) in [5, 5.41) is 8.63. The lowest BCUT2D eigenvalue weighted by Crippen LogP contribution is -2.31. The zero-order valence-corrected chi connectivity index (χ0v) is 18.9. The van der Waals surface area contributed by atoms with Crippen LogP contribution in [0.1, 0.15) is 30.8 Å². The van der Waals surface area contributed by atoms with Crippen LogP contribution < -0.4 is 10.1 Å². The fourth-order valence-corrected chi connectivity index (χ4v) is 3.97. The van der Waals surface area contributed by atoms with Crippen LogP contribution in [-0.2, 0) is 9.59 Å². The van der Waals surface area contributed by atoms with Gasteiger partial charge in [-0.25, -0.2) is 14.4 Å². The van der Waals surface area contributed by atoms with Crippen LogP contribution in [-0.4, -0.2) is 39.1 Å². The molecule has 0 fully saturated rings. The lowest BCUT2D eigenvalue weighted by atomic mass is 10.0. The van der Waals surface area contributed by atoms with Crippen LogP contribution >= 0.6 is 0 Å². The van der Waals surface area contributed by atoms with E-state index in [1.165, 1.54) is 24.1 Å². The fourth-order valence-electron chi connectivity index (χ4n) is 3.97.